The highest BCUT2D eigenvalue weighted by molar-refractivity contribution is 7.80. The highest BCUT2D eigenvalue weighted by Crippen LogP contribution is 2.38. The fraction of sp³-hybridized carbons (Fsp3) is 0.303. The lowest BCUT2D eigenvalue weighted by Crippen LogP contribution is -2.38. The number of methoxy groups -OCH3 is 1. The van der Waals surface area contributed by atoms with Gasteiger partial charge in [0.05, 0.1) is 19.0 Å². The van der Waals surface area contributed by atoms with E-state index in [-0.39, 0.29) is 35.1 Å². The predicted molar refractivity (Wildman–Crippen MR) is 171 cm³/mol. The number of hydrogen-bond acceptors (Lipinski definition) is 8. The number of amides is 1. The molecule has 1 saturated heterocycles. The fourth-order valence-corrected chi connectivity index (χ4v) is 5.33. The zero-order valence-corrected chi connectivity index (χ0v) is 25.5. The second-order valence-corrected chi connectivity index (χ2v) is 11.1. The molecule has 5 rings (SSSR count). The first-order valence-corrected chi connectivity index (χ1v) is 15.0. The molecule has 1 unspecified atom stereocenters. The molecule has 0 saturated carbocycles. The SMILES string of the molecule is COc1cc2c(Oc3ccc(NC(=S)NC(=O)Cc4ccccc4F)cc3F)ccnc2cc1OCC(O)CN1CCCCC1. The van der Waals surface area contributed by atoms with Crippen molar-refractivity contribution < 1.29 is 32.9 Å². The van der Waals surface area contributed by atoms with Gasteiger partial charge in [0.1, 0.15) is 24.3 Å². The van der Waals surface area contributed by atoms with E-state index in [0.717, 1.165) is 25.9 Å². The number of halogens is 2. The zero-order valence-electron chi connectivity index (χ0n) is 24.7. The van der Waals surface area contributed by atoms with Crippen LogP contribution in [-0.2, 0) is 11.2 Å². The summed E-state index contributed by atoms with van der Waals surface area (Å²) >= 11 is 5.16. The van der Waals surface area contributed by atoms with Crippen molar-refractivity contribution >= 4 is 39.8 Å². The Morgan fingerprint density at radius 3 is 2.56 bits per heavy atom. The molecule has 1 atom stereocenters. The van der Waals surface area contributed by atoms with E-state index in [9.17, 15) is 14.3 Å². The highest BCUT2D eigenvalue weighted by atomic mass is 32.1. The van der Waals surface area contributed by atoms with Gasteiger partial charge in [-0.25, -0.2) is 8.78 Å². The summed E-state index contributed by atoms with van der Waals surface area (Å²) in [7, 11) is 1.51. The normalized spacial score (nSPS) is 14.0. The molecule has 45 heavy (non-hydrogen) atoms. The van der Waals surface area contributed by atoms with Gasteiger partial charge in [0.25, 0.3) is 0 Å². The van der Waals surface area contributed by atoms with E-state index in [1.54, 1.807) is 30.3 Å². The number of anilines is 1. The lowest BCUT2D eigenvalue weighted by molar-refractivity contribution is -0.119. The first kappa shape index (κ1) is 32.0. The van der Waals surface area contributed by atoms with E-state index < -0.39 is 23.6 Å². The number of carbonyl (C=O) groups is 1. The molecule has 1 amide bonds. The largest absolute Gasteiger partial charge is 0.493 e. The van der Waals surface area contributed by atoms with Crippen LogP contribution in [0.25, 0.3) is 10.9 Å². The van der Waals surface area contributed by atoms with Gasteiger partial charge in [0.2, 0.25) is 5.91 Å². The molecule has 1 aliphatic rings. The van der Waals surface area contributed by atoms with Crippen molar-refractivity contribution in [2.45, 2.75) is 31.8 Å². The third-order valence-electron chi connectivity index (χ3n) is 7.31. The van der Waals surface area contributed by atoms with Crippen LogP contribution in [-0.4, -0.2) is 65.5 Å². The summed E-state index contributed by atoms with van der Waals surface area (Å²) < 4.78 is 46.3. The number of piperidine rings is 1. The molecule has 0 aliphatic carbocycles. The van der Waals surface area contributed by atoms with Gasteiger partial charge in [0, 0.05) is 35.9 Å². The number of nitrogens with one attached hydrogen (secondary N) is 2. The van der Waals surface area contributed by atoms with Crippen molar-refractivity contribution in [1.82, 2.24) is 15.2 Å². The number of aliphatic hydroxyl groups excluding tert-OH is 1. The molecule has 3 aromatic carbocycles. The molecule has 0 radical (unpaired) electrons. The van der Waals surface area contributed by atoms with E-state index in [2.05, 4.69) is 20.5 Å². The third-order valence-corrected chi connectivity index (χ3v) is 7.51. The van der Waals surface area contributed by atoms with Crippen LogP contribution in [0.1, 0.15) is 24.8 Å². The number of fused-ring (bicyclic) bond motifs is 1. The first-order valence-electron chi connectivity index (χ1n) is 14.6. The number of nitrogens with zero attached hydrogens (tertiary/aromatic N) is 2. The molecule has 2 heterocycles. The Hall–Kier alpha value is -4.39. The average molecular weight is 637 g/mol. The van der Waals surface area contributed by atoms with Gasteiger partial charge in [-0.3, -0.25) is 9.78 Å². The van der Waals surface area contributed by atoms with Gasteiger partial charge in [-0.2, -0.15) is 0 Å². The summed E-state index contributed by atoms with van der Waals surface area (Å²) in [6.07, 6.45) is 4.18. The Morgan fingerprint density at radius 1 is 1.00 bits per heavy atom. The summed E-state index contributed by atoms with van der Waals surface area (Å²) in [4.78, 5) is 18.9. The molecule has 236 valence electrons. The molecule has 1 aromatic heterocycles. The number of aromatic nitrogens is 1. The zero-order chi connectivity index (χ0) is 31.8. The van der Waals surface area contributed by atoms with Gasteiger partial charge in [-0.15, -0.1) is 0 Å². The van der Waals surface area contributed by atoms with Gasteiger partial charge < -0.3 is 34.9 Å². The second-order valence-electron chi connectivity index (χ2n) is 10.7. The van der Waals surface area contributed by atoms with E-state index in [0.29, 0.717) is 34.7 Å². The molecule has 1 fully saturated rings. The average Bonchev–Trinajstić information content (AvgIpc) is 3.02. The predicted octanol–water partition coefficient (Wildman–Crippen LogP) is 5.60. The third kappa shape index (κ3) is 8.62. The quantitative estimate of drug-likeness (QED) is 0.182. The Morgan fingerprint density at radius 2 is 1.80 bits per heavy atom. The number of rotatable bonds is 11. The lowest BCUT2D eigenvalue weighted by Gasteiger charge is -2.28. The number of ether oxygens (including phenoxy) is 3. The molecule has 4 aromatic rings. The van der Waals surface area contributed by atoms with Crippen LogP contribution in [0.5, 0.6) is 23.0 Å². The van der Waals surface area contributed by atoms with Crippen LogP contribution < -0.4 is 24.8 Å². The maximum Gasteiger partial charge on any atom is 0.230 e. The number of β-amino-alcohol motifs (C(OH)–C–C–N with tert-alkyl or cyclic N) is 1. The van der Waals surface area contributed by atoms with Crippen LogP contribution in [0.15, 0.2) is 66.9 Å². The van der Waals surface area contributed by atoms with Gasteiger partial charge in [0.15, 0.2) is 28.2 Å². The molecule has 3 N–H and O–H groups in total. The molecule has 0 spiro atoms. The highest BCUT2D eigenvalue weighted by Gasteiger charge is 2.18. The summed E-state index contributed by atoms with van der Waals surface area (Å²) in [6.45, 7) is 2.60. The van der Waals surface area contributed by atoms with Crippen LogP contribution in [0.2, 0.25) is 0 Å². The maximum atomic E-state index is 15.1. The molecular formula is C33H34F2N4O5S. The Balaban J connectivity index is 1.22. The van der Waals surface area contributed by atoms with E-state index in [1.165, 1.54) is 50.1 Å². The minimum atomic E-state index is -0.681. The van der Waals surface area contributed by atoms with Crippen LogP contribution >= 0.6 is 12.2 Å². The van der Waals surface area contributed by atoms with Crippen molar-refractivity contribution in [3.63, 3.8) is 0 Å². The molecule has 0 bridgehead atoms. The van der Waals surface area contributed by atoms with E-state index in [4.69, 9.17) is 26.4 Å². The van der Waals surface area contributed by atoms with Crippen molar-refractivity contribution in [2.75, 3.05) is 38.7 Å². The number of aliphatic hydroxyl groups is 1. The smallest absolute Gasteiger partial charge is 0.230 e. The van der Waals surface area contributed by atoms with Crippen molar-refractivity contribution in [2.24, 2.45) is 0 Å². The summed E-state index contributed by atoms with van der Waals surface area (Å²) in [5, 5.41) is 16.2. The fourth-order valence-electron chi connectivity index (χ4n) is 5.10. The van der Waals surface area contributed by atoms with Crippen LogP contribution in [0.3, 0.4) is 0 Å². The Labute approximate surface area is 265 Å². The van der Waals surface area contributed by atoms with Crippen LogP contribution in [0, 0.1) is 11.6 Å². The summed E-state index contributed by atoms with van der Waals surface area (Å²) in [5.74, 6) is -0.563. The summed E-state index contributed by atoms with van der Waals surface area (Å²) in [6, 6.07) is 15.1. The number of benzene rings is 3. The molecule has 9 nitrogen and oxygen atoms in total. The maximum absolute atomic E-state index is 15.1. The number of carbonyl (C=O) groups excluding carboxylic acids is 1. The van der Waals surface area contributed by atoms with Gasteiger partial charge in [-0.05, 0) is 74.0 Å². The molecule has 1 aliphatic heterocycles. The monoisotopic (exact) mass is 636 g/mol. The minimum absolute atomic E-state index is 0.0531. The number of thiocarbonyl (C=S) groups is 1. The summed E-state index contributed by atoms with van der Waals surface area (Å²) in [5.41, 5.74) is 1.04. The first-order chi connectivity index (χ1) is 21.8. The Bertz CT molecular complexity index is 1670. The number of likely N-dealkylation sites (tertiary alicyclic amines) is 1. The Kier molecular flexibility index (Phi) is 10.7. The lowest BCUT2D eigenvalue weighted by atomic mass is 10.1. The topological polar surface area (TPSA) is 105 Å². The minimum Gasteiger partial charge on any atom is -0.493 e. The standard InChI is InChI=1S/C33H34F2N4O5S/c1-42-30-17-24-27(18-31(30)43-20-23(40)19-39-13-5-2-6-14-39)36-12-11-28(24)44-29-10-9-22(16-26(29)35)37-33(45)38-32(41)15-21-7-3-4-8-25(21)34/h3-4,7-12,16-18,23,40H,2,5-6,13-15,19-20H2,1H3,(H2,37,38,41,45). The van der Waals surface area contributed by atoms with E-state index >= 15 is 4.39 Å². The van der Waals surface area contributed by atoms with E-state index in [1.807, 2.05) is 0 Å². The number of pyridine rings is 1. The molecular weight excluding hydrogens is 602 g/mol. The van der Waals surface area contributed by atoms with Gasteiger partial charge in [-0.1, -0.05) is 24.6 Å². The van der Waals surface area contributed by atoms with Crippen molar-refractivity contribution in [3.05, 3.63) is 84.1 Å². The molecule has 12 heteroatoms. The second kappa shape index (κ2) is 15.1. The van der Waals surface area contributed by atoms with Crippen molar-refractivity contribution in [1.29, 1.82) is 0 Å². The van der Waals surface area contributed by atoms with Crippen molar-refractivity contribution in [3.8, 4) is 23.0 Å². The van der Waals surface area contributed by atoms with Crippen LogP contribution in [0.4, 0.5) is 14.5 Å². The van der Waals surface area contributed by atoms with Gasteiger partial charge >= 0.3 is 0 Å². The number of hydrogen-bond donors (Lipinski definition) is 3.